The summed E-state index contributed by atoms with van der Waals surface area (Å²) in [6.07, 6.45) is -4.55. The van der Waals surface area contributed by atoms with Crippen LogP contribution in [0.5, 0.6) is 0 Å². The topological polar surface area (TPSA) is 32.3 Å². The minimum absolute atomic E-state index is 0.0563. The summed E-state index contributed by atoms with van der Waals surface area (Å²) < 4.78 is 52.9. The van der Waals surface area contributed by atoms with E-state index in [1.165, 1.54) is 18.2 Å². The monoisotopic (exact) mass is 404 g/mol. The quantitative estimate of drug-likeness (QED) is 0.735. The lowest BCUT2D eigenvalue weighted by atomic mass is 10.1. The van der Waals surface area contributed by atoms with Gasteiger partial charge in [0, 0.05) is 18.6 Å². The molecule has 2 aromatic rings. The number of hydrogen-bond donors (Lipinski definition) is 1. The van der Waals surface area contributed by atoms with Gasteiger partial charge < -0.3 is 10.2 Å². The maximum Gasteiger partial charge on any atom is 0.416 e. The fourth-order valence-electron chi connectivity index (χ4n) is 2.06. The minimum Gasteiger partial charge on any atom is -0.376 e. The van der Waals surface area contributed by atoms with E-state index in [-0.39, 0.29) is 11.3 Å². The Morgan fingerprint density at radius 2 is 1.79 bits per heavy atom. The van der Waals surface area contributed by atoms with Crippen LogP contribution >= 0.6 is 15.9 Å². The van der Waals surface area contributed by atoms with Gasteiger partial charge in [-0.25, -0.2) is 4.39 Å². The van der Waals surface area contributed by atoms with Crippen LogP contribution in [-0.2, 0) is 6.18 Å². The molecule has 0 aromatic heterocycles. The van der Waals surface area contributed by atoms with Gasteiger partial charge >= 0.3 is 6.18 Å². The summed E-state index contributed by atoms with van der Waals surface area (Å²) in [5.74, 6) is -1.61. The van der Waals surface area contributed by atoms with Gasteiger partial charge in [0.25, 0.3) is 5.91 Å². The summed E-state index contributed by atoms with van der Waals surface area (Å²) in [5, 5.41) is 2.35. The summed E-state index contributed by atoms with van der Waals surface area (Å²) in [6, 6.07) is 6.76. The third kappa shape index (κ3) is 4.05. The Kier molecular flexibility index (Phi) is 5.17. The Labute approximate surface area is 144 Å². The molecule has 2 rings (SSSR count). The Hall–Kier alpha value is -2.09. The Morgan fingerprint density at radius 3 is 2.38 bits per heavy atom. The summed E-state index contributed by atoms with van der Waals surface area (Å²) in [5.41, 5.74) is -0.865. The molecule has 1 amide bonds. The summed E-state index contributed by atoms with van der Waals surface area (Å²) >= 11 is 3.12. The number of amides is 1. The van der Waals surface area contributed by atoms with Crippen LogP contribution in [0.1, 0.15) is 15.9 Å². The lowest BCUT2D eigenvalue weighted by molar-refractivity contribution is -0.137. The van der Waals surface area contributed by atoms with E-state index in [9.17, 15) is 22.4 Å². The SMILES string of the molecule is CN(C)c1ccc(C(F)(F)F)cc1NC(=O)c1cc(Br)ccc1F. The highest BCUT2D eigenvalue weighted by atomic mass is 79.9. The van der Waals surface area contributed by atoms with Crippen LogP contribution in [0.2, 0.25) is 0 Å². The van der Waals surface area contributed by atoms with Crippen LogP contribution in [0.15, 0.2) is 40.9 Å². The minimum atomic E-state index is -4.55. The first kappa shape index (κ1) is 18.3. The molecule has 2 aromatic carbocycles. The summed E-state index contributed by atoms with van der Waals surface area (Å²) in [7, 11) is 3.25. The molecule has 0 bridgehead atoms. The van der Waals surface area contributed by atoms with Crippen molar-refractivity contribution >= 4 is 33.2 Å². The maximum atomic E-state index is 13.8. The van der Waals surface area contributed by atoms with Crippen molar-refractivity contribution in [2.45, 2.75) is 6.18 Å². The zero-order valence-electron chi connectivity index (χ0n) is 12.7. The maximum absolute atomic E-state index is 13.8. The van der Waals surface area contributed by atoms with Crippen LogP contribution in [-0.4, -0.2) is 20.0 Å². The van der Waals surface area contributed by atoms with Gasteiger partial charge in [-0.3, -0.25) is 4.79 Å². The van der Waals surface area contributed by atoms with Crippen LogP contribution in [0.25, 0.3) is 0 Å². The van der Waals surface area contributed by atoms with Gasteiger partial charge in [-0.05, 0) is 36.4 Å². The number of carbonyl (C=O) groups excluding carboxylic acids is 1. The normalized spacial score (nSPS) is 11.3. The molecule has 0 unspecified atom stereocenters. The van der Waals surface area contributed by atoms with E-state index in [0.717, 1.165) is 18.2 Å². The zero-order valence-corrected chi connectivity index (χ0v) is 14.3. The number of halogens is 5. The van der Waals surface area contributed by atoms with Crippen molar-refractivity contribution in [1.82, 2.24) is 0 Å². The molecule has 128 valence electrons. The molecule has 0 heterocycles. The molecule has 0 fully saturated rings. The summed E-state index contributed by atoms with van der Waals surface area (Å²) in [4.78, 5) is 13.8. The molecule has 24 heavy (non-hydrogen) atoms. The lowest BCUT2D eigenvalue weighted by Gasteiger charge is -2.20. The van der Waals surface area contributed by atoms with Crippen LogP contribution < -0.4 is 10.2 Å². The molecular formula is C16H13BrF4N2O. The highest BCUT2D eigenvalue weighted by Crippen LogP contribution is 2.35. The molecule has 0 spiro atoms. The molecule has 8 heteroatoms. The smallest absolute Gasteiger partial charge is 0.376 e. The molecule has 0 saturated carbocycles. The van der Waals surface area contributed by atoms with Gasteiger partial charge in [0.2, 0.25) is 0 Å². The number of carbonyl (C=O) groups is 1. The number of benzene rings is 2. The van der Waals surface area contributed by atoms with E-state index < -0.39 is 23.5 Å². The predicted molar refractivity (Wildman–Crippen MR) is 87.8 cm³/mol. The van der Waals surface area contributed by atoms with Gasteiger partial charge in [0.1, 0.15) is 5.82 Å². The lowest BCUT2D eigenvalue weighted by Crippen LogP contribution is -2.19. The molecular weight excluding hydrogens is 392 g/mol. The van der Waals surface area contributed by atoms with E-state index >= 15 is 0 Å². The zero-order chi connectivity index (χ0) is 18.1. The molecule has 1 N–H and O–H groups in total. The third-order valence-electron chi connectivity index (χ3n) is 3.23. The fraction of sp³-hybridized carbons (Fsp3) is 0.188. The van der Waals surface area contributed by atoms with E-state index in [2.05, 4.69) is 21.2 Å². The molecule has 0 aliphatic rings. The molecule has 3 nitrogen and oxygen atoms in total. The predicted octanol–water partition coefficient (Wildman–Crippen LogP) is 4.93. The summed E-state index contributed by atoms with van der Waals surface area (Å²) in [6.45, 7) is 0. The largest absolute Gasteiger partial charge is 0.416 e. The number of anilines is 2. The second-order valence-electron chi connectivity index (χ2n) is 5.20. The van der Waals surface area contributed by atoms with Gasteiger partial charge in [0.05, 0.1) is 22.5 Å². The molecule has 0 radical (unpaired) electrons. The van der Waals surface area contributed by atoms with Gasteiger partial charge in [-0.15, -0.1) is 0 Å². The molecule has 0 aliphatic carbocycles. The van der Waals surface area contributed by atoms with Crippen LogP contribution in [0.3, 0.4) is 0 Å². The third-order valence-corrected chi connectivity index (χ3v) is 3.72. The van der Waals surface area contributed by atoms with Crippen LogP contribution in [0.4, 0.5) is 28.9 Å². The van der Waals surface area contributed by atoms with Gasteiger partial charge in [-0.2, -0.15) is 13.2 Å². The van der Waals surface area contributed by atoms with Crippen molar-refractivity contribution in [2.24, 2.45) is 0 Å². The van der Waals surface area contributed by atoms with Crippen molar-refractivity contribution < 1.29 is 22.4 Å². The van der Waals surface area contributed by atoms with Crippen molar-refractivity contribution in [1.29, 1.82) is 0 Å². The fourth-order valence-corrected chi connectivity index (χ4v) is 2.42. The van der Waals surface area contributed by atoms with Crippen molar-refractivity contribution in [3.8, 4) is 0 Å². The number of nitrogens with one attached hydrogen (secondary N) is 1. The first-order chi connectivity index (χ1) is 11.1. The van der Waals surface area contributed by atoms with E-state index in [4.69, 9.17) is 0 Å². The van der Waals surface area contributed by atoms with Gasteiger partial charge in [0.15, 0.2) is 0 Å². The Balaban J connectivity index is 2.43. The first-order valence-corrected chi connectivity index (χ1v) is 7.54. The Morgan fingerprint density at radius 1 is 1.12 bits per heavy atom. The standard InChI is InChI=1S/C16H13BrF4N2O/c1-23(2)14-6-3-9(16(19,20)21)7-13(14)22-15(24)11-8-10(17)4-5-12(11)18/h3-8H,1-2H3,(H,22,24). The van der Waals surface area contributed by atoms with E-state index in [1.54, 1.807) is 19.0 Å². The number of nitrogens with zero attached hydrogens (tertiary/aromatic N) is 1. The highest BCUT2D eigenvalue weighted by molar-refractivity contribution is 9.10. The molecule has 0 aliphatic heterocycles. The van der Waals surface area contributed by atoms with E-state index in [1.807, 2.05) is 0 Å². The second kappa shape index (κ2) is 6.80. The highest BCUT2D eigenvalue weighted by Gasteiger charge is 2.31. The van der Waals surface area contributed by atoms with E-state index in [0.29, 0.717) is 10.2 Å². The second-order valence-corrected chi connectivity index (χ2v) is 6.12. The molecule has 0 atom stereocenters. The van der Waals surface area contributed by atoms with Crippen LogP contribution in [0, 0.1) is 5.82 Å². The number of rotatable bonds is 3. The van der Waals surface area contributed by atoms with Crippen molar-refractivity contribution in [3.63, 3.8) is 0 Å². The first-order valence-electron chi connectivity index (χ1n) is 6.74. The Bertz CT molecular complexity index is 775. The number of alkyl halides is 3. The van der Waals surface area contributed by atoms with Gasteiger partial charge in [-0.1, -0.05) is 15.9 Å². The average Bonchev–Trinajstić information content (AvgIpc) is 2.48. The number of hydrogen-bond acceptors (Lipinski definition) is 2. The van der Waals surface area contributed by atoms with Crippen molar-refractivity contribution in [2.75, 3.05) is 24.3 Å². The average molecular weight is 405 g/mol. The van der Waals surface area contributed by atoms with Crippen molar-refractivity contribution in [3.05, 3.63) is 57.8 Å². The molecule has 0 saturated heterocycles.